The molecule has 2 aromatic carbocycles. The van der Waals surface area contributed by atoms with Crippen LogP contribution in [0.4, 0.5) is 0 Å². The lowest BCUT2D eigenvalue weighted by molar-refractivity contribution is -0.116. The Kier molecular flexibility index (Phi) is 8.62. The minimum Gasteiger partial charge on any atom is -0.493 e. The number of ether oxygens (including phenoxy) is 1. The number of sulfonamides is 1. The molecule has 0 aromatic heterocycles. The van der Waals surface area contributed by atoms with Gasteiger partial charge >= 0.3 is 0 Å². The third kappa shape index (κ3) is 7.00. The number of carbonyl (C=O) groups excluding carboxylic acids is 1. The molecule has 0 atom stereocenters. The van der Waals surface area contributed by atoms with Crippen molar-refractivity contribution < 1.29 is 17.9 Å². The van der Waals surface area contributed by atoms with Gasteiger partial charge in [-0.1, -0.05) is 44.2 Å². The van der Waals surface area contributed by atoms with E-state index in [0.717, 1.165) is 27.6 Å². The molecule has 0 bridgehead atoms. The molecular weight excluding hydrogens is 400 g/mol. The maximum atomic E-state index is 12.2. The van der Waals surface area contributed by atoms with Gasteiger partial charge < -0.3 is 10.1 Å². The molecule has 1 N–H and O–H groups in total. The Morgan fingerprint density at radius 1 is 1.10 bits per heavy atom. The summed E-state index contributed by atoms with van der Waals surface area (Å²) < 4.78 is 31.2. The van der Waals surface area contributed by atoms with E-state index in [9.17, 15) is 13.2 Å². The Bertz CT molecular complexity index is 965. The summed E-state index contributed by atoms with van der Waals surface area (Å²) in [7, 11) is -0.488. The van der Waals surface area contributed by atoms with Crippen LogP contribution in [0.1, 0.15) is 31.4 Å². The fraction of sp³-hybridized carbons (Fsp3) is 0.348. The smallest absolute Gasteiger partial charge is 0.244 e. The molecule has 30 heavy (non-hydrogen) atoms. The van der Waals surface area contributed by atoms with Crippen LogP contribution < -0.4 is 10.1 Å². The largest absolute Gasteiger partial charge is 0.493 e. The Balaban J connectivity index is 1.93. The van der Waals surface area contributed by atoms with E-state index in [2.05, 4.69) is 19.2 Å². The summed E-state index contributed by atoms with van der Waals surface area (Å²) in [6.45, 7) is 5.30. The number of para-hydroxylation sites is 1. The first-order valence-corrected chi connectivity index (χ1v) is 11.3. The third-order valence-electron chi connectivity index (χ3n) is 4.46. The van der Waals surface area contributed by atoms with E-state index in [1.54, 1.807) is 18.2 Å². The van der Waals surface area contributed by atoms with E-state index >= 15 is 0 Å². The van der Waals surface area contributed by atoms with E-state index in [-0.39, 0.29) is 10.8 Å². The maximum absolute atomic E-state index is 12.2. The van der Waals surface area contributed by atoms with Crippen molar-refractivity contribution in [2.45, 2.75) is 31.7 Å². The summed E-state index contributed by atoms with van der Waals surface area (Å²) in [6, 6.07) is 14.0. The van der Waals surface area contributed by atoms with E-state index in [1.807, 2.05) is 24.3 Å². The van der Waals surface area contributed by atoms with Crippen LogP contribution in [-0.2, 0) is 21.4 Å². The van der Waals surface area contributed by atoms with Crippen molar-refractivity contribution in [3.8, 4) is 5.75 Å². The predicted molar refractivity (Wildman–Crippen MR) is 120 cm³/mol. The van der Waals surface area contributed by atoms with Crippen LogP contribution in [0.2, 0.25) is 0 Å². The lowest BCUT2D eigenvalue weighted by Crippen LogP contribution is -2.22. The van der Waals surface area contributed by atoms with Gasteiger partial charge in [0.25, 0.3) is 0 Å². The maximum Gasteiger partial charge on any atom is 0.244 e. The minimum absolute atomic E-state index is 0.211. The number of hydrogen-bond donors (Lipinski definition) is 1. The topological polar surface area (TPSA) is 75.7 Å². The zero-order chi connectivity index (χ0) is 22.1. The predicted octanol–water partition coefficient (Wildman–Crippen LogP) is 3.69. The van der Waals surface area contributed by atoms with Gasteiger partial charge in [-0.3, -0.25) is 4.79 Å². The highest BCUT2D eigenvalue weighted by Crippen LogP contribution is 2.19. The monoisotopic (exact) mass is 430 g/mol. The number of nitrogens with one attached hydrogen (secondary N) is 1. The summed E-state index contributed by atoms with van der Waals surface area (Å²) >= 11 is 0. The van der Waals surface area contributed by atoms with Gasteiger partial charge in [-0.05, 0) is 42.2 Å². The third-order valence-corrected chi connectivity index (χ3v) is 6.29. The number of benzene rings is 2. The lowest BCUT2D eigenvalue weighted by Gasteiger charge is -2.12. The molecular formula is C23H30N2O4S. The number of amides is 1. The van der Waals surface area contributed by atoms with Crippen LogP contribution in [0.25, 0.3) is 6.08 Å². The Morgan fingerprint density at radius 3 is 2.40 bits per heavy atom. The molecule has 0 unspecified atom stereocenters. The first kappa shape index (κ1) is 23.6. The van der Waals surface area contributed by atoms with E-state index in [4.69, 9.17) is 4.74 Å². The first-order valence-electron chi connectivity index (χ1n) is 9.89. The summed E-state index contributed by atoms with van der Waals surface area (Å²) in [5.74, 6) is 1.11. The van der Waals surface area contributed by atoms with Crippen molar-refractivity contribution in [3.05, 3.63) is 65.7 Å². The second-order valence-electron chi connectivity index (χ2n) is 7.55. The zero-order valence-electron chi connectivity index (χ0n) is 18.0. The van der Waals surface area contributed by atoms with Gasteiger partial charge in [-0.25, -0.2) is 12.7 Å². The lowest BCUT2D eigenvalue weighted by atomic mass is 10.1. The van der Waals surface area contributed by atoms with Crippen LogP contribution in [0.3, 0.4) is 0 Å². The molecule has 7 heteroatoms. The van der Waals surface area contributed by atoms with Crippen LogP contribution in [0.5, 0.6) is 5.75 Å². The van der Waals surface area contributed by atoms with Crippen molar-refractivity contribution in [2.24, 2.45) is 5.92 Å². The van der Waals surface area contributed by atoms with Gasteiger partial charge in [-0.2, -0.15) is 0 Å². The average molecular weight is 431 g/mol. The van der Waals surface area contributed by atoms with Crippen LogP contribution in [0.15, 0.2) is 59.5 Å². The van der Waals surface area contributed by atoms with Crippen LogP contribution in [-0.4, -0.2) is 39.3 Å². The van der Waals surface area contributed by atoms with Crippen molar-refractivity contribution in [2.75, 3.05) is 20.7 Å². The number of nitrogens with zero attached hydrogens (tertiary/aromatic N) is 1. The number of hydrogen-bond acceptors (Lipinski definition) is 4. The summed E-state index contributed by atoms with van der Waals surface area (Å²) in [5.41, 5.74) is 1.65. The molecule has 0 radical (unpaired) electrons. The van der Waals surface area contributed by atoms with Gasteiger partial charge in [0.15, 0.2) is 0 Å². The molecule has 0 fully saturated rings. The Morgan fingerprint density at radius 2 is 1.77 bits per heavy atom. The zero-order valence-corrected chi connectivity index (χ0v) is 18.8. The number of carbonyl (C=O) groups is 1. The van der Waals surface area contributed by atoms with Gasteiger partial charge in [0, 0.05) is 32.3 Å². The van der Waals surface area contributed by atoms with Crippen molar-refractivity contribution >= 4 is 22.0 Å². The van der Waals surface area contributed by atoms with Crippen molar-refractivity contribution in [1.82, 2.24) is 9.62 Å². The molecule has 0 saturated carbocycles. The molecule has 0 aliphatic rings. The standard InChI is InChI=1S/C23H30N2O4S/c1-18(2)15-16-29-22-8-6-5-7-20(22)17-24-23(26)14-11-19-9-12-21(13-10-19)30(27,28)25(3)4/h5-14,18H,15-17H2,1-4H3,(H,24,26). The molecule has 2 rings (SSSR count). The van der Waals surface area contributed by atoms with Crippen molar-refractivity contribution in [3.63, 3.8) is 0 Å². The highest BCUT2D eigenvalue weighted by Gasteiger charge is 2.16. The highest BCUT2D eigenvalue weighted by atomic mass is 32.2. The van der Waals surface area contributed by atoms with E-state index in [0.29, 0.717) is 19.1 Å². The van der Waals surface area contributed by atoms with Gasteiger partial charge in [0.05, 0.1) is 11.5 Å². The van der Waals surface area contributed by atoms with Crippen LogP contribution in [0, 0.1) is 5.92 Å². The Labute approximate surface area is 179 Å². The van der Waals surface area contributed by atoms with Crippen LogP contribution >= 0.6 is 0 Å². The molecule has 6 nitrogen and oxygen atoms in total. The molecule has 0 spiro atoms. The molecule has 0 aliphatic carbocycles. The summed E-state index contributed by atoms with van der Waals surface area (Å²) in [6.07, 6.45) is 4.04. The highest BCUT2D eigenvalue weighted by molar-refractivity contribution is 7.89. The van der Waals surface area contributed by atoms with E-state index in [1.165, 1.54) is 32.3 Å². The molecule has 162 valence electrons. The second-order valence-corrected chi connectivity index (χ2v) is 9.70. The fourth-order valence-corrected chi connectivity index (χ4v) is 3.47. The van der Waals surface area contributed by atoms with Gasteiger partial charge in [0.1, 0.15) is 5.75 Å². The molecule has 2 aromatic rings. The van der Waals surface area contributed by atoms with Gasteiger partial charge in [-0.15, -0.1) is 0 Å². The summed E-state index contributed by atoms with van der Waals surface area (Å²) in [5, 5.41) is 2.85. The normalized spacial score (nSPS) is 11.9. The minimum atomic E-state index is -3.46. The first-order chi connectivity index (χ1) is 14.2. The quantitative estimate of drug-likeness (QED) is 0.583. The molecule has 0 saturated heterocycles. The average Bonchev–Trinajstić information content (AvgIpc) is 2.71. The molecule has 1 amide bonds. The van der Waals surface area contributed by atoms with Crippen molar-refractivity contribution in [1.29, 1.82) is 0 Å². The summed E-state index contributed by atoms with van der Waals surface area (Å²) in [4.78, 5) is 12.4. The fourth-order valence-electron chi connectivity index (χ4n) is 2.57. The SMILES string of the molecule is CC(C)CCOc1ccccc1CNC(=O)C=Cc1ccc(S(=O)(=O)N(C)C)cc1. The molecule has 0 aliphatic heterocycles. The number of rotatable bonds is 10. The van der Waals surface area contributed by atoms with Gasteiger partial charge in [0.2, 0.25) is 15.9 Å². The van der Waals surface area contributed by atoms with E-state index < -0.39 is 10.0 Å². The molecule has 0 heterocycles. The second kappa shape index (κ2) is 10.9. The Hall–Kier alpha value is -2.64.